The standard InChI is InChI=1S/2C37H40F4N4O2S/c1-4-43(5-2)21-22-44(25(3)27-11-13-28(14-12-27)29-15-17-30(18-16-29)37(39,40)41)34(46)23-45-33-8-6-7-32(33)35(47)42-36(45)48-24-26-9-19-31(38)20-10-26;1-4-43(5-2)19-20-44(22-26-9-13-28(14-10-26)29-15-18-32(25(3)21-29)37(39,40)41)34(46)23-45-33-8-6-7-31(33)35(47)42-36(45)48-24-27-11-16-30(38)17-12-27/h9-20,25H,4-8,21-24H2,1-3H3;9-18,21H,4-8,19-20,22-24H2,1-3H3/i21D2,22D2,23D2,24D2,25D;4D2,5D2,6D2,7D2,8D2,9D,10D,11D,12D,13D,14D,15D,16D,17D,18D,21D,22D2,23D2,24D2. The van der Waals surface area contributed by atoms with Gasteiger partial charge in [-0.05, 0) is 171 Å². The van der Waals surface area contributed by atoms with Crippen LogP contribution in [0.5, 0.6) is 0 Å². The zero-order valence-electron chi connectivity index (χ0n) is 87.4. The molecule has 0 saturated heterocycles. The van der Waals surface area contributed by atoms with Crippen molar-refractivity contribution >= 4 is 35.3 Å². The fourth-order valence-electron chi connectivity index (χ4n) is 9.09. The summed E-state index contributed by atoms with van der Waals surface area (Å²) in [6.45, 7) is -20.6. The average Bonchev–Trinajstić information content (AvgIpc) is 1.51. The van der Waals surface area contributed by atoms with E-state index in [9.17, 15) is 57.0 Å². The van der Waals surface area contributed by atoms with Gasteiger partial charge in [-0.1, -0.05) is 148 Å². The molecule has 6 aromatic carbocycles. The Morgan fingerprint density at radius 3 is 1.80 bits per heavy atom. The van der Waals surface area contributed by atoms with Crippen LogP contribution in [0.4, 0.5) is 35.1 Å². The number of halogens is 8. The molecule has 2 aromatic heterocycles. The number of rotatable bonds is 26. The number of alkyl halides is 6. The van der Waals surface area contributed by atoms with E-state index >= 15 is 9.59 Å². The minimum Gasteiger partial charge on any atom is -0.336 e. The minimum atomic E-state index is -5.32. The average molecular weight is 1400 g/mol. The summed E-state index contributed by atoms with van der Waals surface area (Å²) in [4.78, 5) is 66.0. The van der Waals surface area contributed by atoms with Gasteiger partial charge >= 0.3 is 12.4 Å². The largest absolute Gasteiger partial charge is 0.416 e. The van der Waals surface area contributed by atoms with Crippen LogP contribution in [0.3, 0.4) is 0 Å². The lowest BCUT2D eigenvalue weighted by Gasteiger charge is -2.33. The number of fused-ring (bicyclic) bond motifs is 2. The molecule has 0 fully saturated rings. The molecule has 0 bridgehead atoms. The van der Waals surface area contributed by atoms with E-state index in [0.717, 1.165) is 62.1 Å². The van der Waals surface area contributed by atoms with Crippen LogP contribution in [-0.2, 0) is 78.4 Å². The molecule has 0 radical (unpaired) electrons. The maximum atomic E-state index is 15.3. The van der Waals surface area contributed by atoms with Crippen LogP contribution >= 0.6 is 23.5 Å². The van der Waals surface area contributed by atoms with Gasteiger partial charge in [-0.3, -0.25) is 19.2 Å². The van der Waals surface area contributed by atoms with Gasteiger partial charge < -0.3 is 28.7 Å². The van der Waals surface area contributed by atoms with Crippen LogP contribution in [0.15, 0.2) is 159 Å². The summed E-state index contributed by atoms with van der Waals surface area (Å²) in [6.07, 6.45) is -21.2. The lowest BCUT2D eigenvalue weighted by molar-refractivity contribution is -0.138. The summed E-state index contributed by atoms with van der Waals surface area (Å²) in [5.41, 5.74) is -20.5. The van der Waals surface area contributed by atoms with E-state index in [2.05, 4.69) is 9.97 Å². The van der Waals surface area contributed by atoms with E-state index in [0.29, 0.717) is 33.9 Å². The van der Waals surface area contributed by atoms with Crippen molar-refractivity contribution in [2.75, 3.05) is 52.2 Å². The van der Waals surface area contributed by atoms with Crippen molar-refractivity contribution in [3.63, 3.8) is 0 Å². The number of benzene rings is 6. The molecule has 1 atom stereocenters. The number of aromatic nitrogens is 4. The highest BCUT2D eigenvalue weighted by Crippen LogP contribution is 2.36. The first-order chi connectivity index (χ1) is 59.8. The van der Waals surface area contributed by atoms with Crippen LogP contribution in [0.25, 0.3) is 22.3 Å². The van der Waals surface area contributed by atoms with Gasteiger partial charge in [0.1, 0.15) is 24.6 Å². The molecule has 1 unspecified atom stereocenters. The lowest BCUT2D eigenvalue weighted by atomic mass is 9.98. The molecule has 508 valence electrons. The highest BCUT2D eigenvalue weighted by Gasteiger charge is 2.34. The van der Waals surface area contributed by atoms with Crippen molar-refractivity contribution in [2.24, 2.45) is 0 Å². The summed E-state index contributed by atoms with van der Waals surface area (Å²) < 4.78 is 426. The van der Waals surface area contributed by atoms with E-state index in [4.69, 9.17) is 37.0 Å². The normalized spacial score (nSPS) is 21.9. The summed E-state index contributed by atoms with van der Waals surface area (Å²) in [5.74, 6) is -6.67. The number of hydrogen-bond acceptors (Lipinski definition) is 10. The van der Waals surface area contributed by atoms with Gasteiger partial charge in [0, 0.05) is 88.4 Å². The SMILES string of the molecule is [2H]C([2H])(Sc1nc(=O)c2c(n1C([2H])([2H])C(=O)N(C([2H])(C)c1ccc(-c3ccc(C(F)(F)F)cc3)cc1)C([2H])([2H])C([2H])([2H])N(CC)CC)CCC2)c1ccc(F)cc1.[2H]c1c([2H])c(C([2H])([2H])Sc2nc(=O)c3c(n2C([2H])([2H])C(=O)N(CCN(C([2H])([2H])C)C([2H])([2H])C)C([2H])([2H])c2c([2H])c([2H])c(-c4c([2H])c([2H])c(C(F)(F)F)c(C)c4[2H])c([2H])c2[2H])C([2H])([2H])C([2H])([2H])C3([2H])[2H])c([2H])c([2H])c1F. The van der Waals surface area contributed by atoms with Gasteiger partial charge in [0.15, 0.2) is 10.3 Å². The Morgan fingerprint density at radius 1 is 0.625 bits per heavy atom. The molecule has 2 aliphatic carbocycles. The van der Waals surface area contributed by atoms with Gasteiger partial charge in [0.05, 0.1) is 44.6 Å². The zero-order chi connectivity index (χ0) is 101. The number of carbonyl (C=O) groups is 2. The zero-order valence-corrected chi connectivity index (χ0v) is 53.1. The predicted molar refractivity (Wildman–Crippen MR) is 363 cm³/mol. The molecule has 2 amide bonds. The molecule has 2 aliphatic rings. The number of thioether (sulfide) groups is 2. The van der Waals surface area contributed by atoms with Gasteiger partial charge in [0.2, 0.25) is 11.8 Å². The monoisotopic (exact) mass is 1400 g/mol. The van der Waals surface area contributed by atoms with Crippen LogP contribution in [0.2, 0.25) is 0 Å². The summed E-state index contributed by atoms with van der Waals surface area (Å²) in [7, 11) is 0. The second-order valence-corrected chi connectivity index (χ2v) is 21.8. The molecular formula is C74H80F8N8O4S2. The lowest BCUT2D eigenvalue weighted by Crippen LogP contribution is -2.42. The molecule has 8 aromatic rings. The van der Waals surface area contributed by atoms with Crippen LogP contribution in [0.1, 0.15) is 164 Å². The Kier molecular flexibility index (Phi) is 13.1. The molecule has 0 spiro atoms. The quantitative estimate of drug-likeness (QED) is 0.0295. The molecule has 10 rings (SSSR count). The molecule has 12 nitrogen and oxygen atoms in total. The van der Waals surface area contributed by atoms with Crippen molar-refractivity contribution in [1.29, 1.82) is 0 Å². The first kappa shape index (κ1) is 38.3. The van der Waals surface area contributed by atoms with Crippen molar-refractivity contribution in [1.82, 2.24) is 38.7 Å². The Labute approximate surface area is 614 Å². The number of amides is 2. The molecule has 0 saturated carbocycles. The molecule has 22 heteroatoms. The van der Waals surface area contributed by atoms with E-state index in [1.807, 2.05) is 0 Å². The third-order valence-electron chi connectivity index (χ3n) is 14.1. The Balaban J connectivity index is 0.000000308. The Hall–Kier alpha value is -7.92. The number of hydrogen-bond donors (Lipinski definition) is 0. The maximum Gasteiger partial charge on any atom is 0.416 e. The molecule has 0 aliphatic heterocycles. The maximum absolute atomic E-state index is 15.3. The number of likely N-dealkylation sites (N-methyl/N-ethyl adjacent to an activating group) is 2. The second kappa shape index (κ2) is 32.9. The van der Waals surface area contributed by atoms with Gasteiger partial charge in [-0.2, -0.15) is 36.3 Å². The molecule has 96 heavy (non-hydrogen) atoms. The fraction of sp³-hybridized carbons (Fsp3) is 0.378. The highest BCUT2D eigenvalue weighted by molar-refractivity contribution is 7.98. The van der Waals surface area contributed by atoms with E-state index < -0.39 is 285 Å². The third kappa shape index (κ3) is 18.6. The summed E-state index contributed by atoms with van der Waals surface area (Å²) in [5, 5.41) is -2.22. The molecular weight excluding hydrogens is 1280 g/mol. The highest BCUT2D eigenvalue weighted by atomic mass is 32.2. The summed E-state index contributed by atoms with van der Waals surface area (Å²) >= 11 is -0.360. The fourth-order valence-corrected chi connectivity index (χ4v) is 10.5. The van der Waals surface area contributed by atoms with Gasteiger partial charge in [-0.25, -0.2) is 8.78 Å². The topological polar surface area (TPSA) is 117 Å². The van der Waals surface area contributed by atoms with E-state index in [1.165, 1.54) is 36.4 Å². The van der Waals surface area contributed by atoms with Gasteiger partial charge in [-0.15, -0.1) is 0 Å². The van der Waals surface area contributed by atoms with Gasteiger partial charge in [0.25, 0.3) is 11.1 Å². The first-order valence-electron chi connectivity index (χ1n) is 46.8. The third-order valence-corrected chi connectivity index (χ3v) is 15.7. The Morgan fingerprint density at radius 2 is 1.20 bits per heavy atom. The van der Waals surface area contributed by atoms with E-state index in [1.54, 1.807) is 13.8 Å². The first-order valence-corrected chi connectivity index (χ1v) is 30.4. The number of nitrogens with zero attached hydrogens (tertiary/aromatic N) is 8. The van der Waals surface area contributed by atoms with Crippen LogP contribution < -0.4 is 11.1 Å². The number of carbonyl (C=O) groups excluding carboxylic acids is 2. The van der Waals surface area contributed by atoms with Crippen molar-refractivity contribution in [3.8, 4) is 22.3 Å². The molecule has 2 heterocycles. The van der Waals surface area contributed by atoms with Crippen molar-refractivity contribution in [2.45, 2.75) is 140 Å². The Bertz CT molecular complexity index is 5900. The van der Waals surface area contributed by atoms with Crippen molar-refractivity contribution < 1.29 is 94.1 Å². The van der Waals surface area contributed by atoms with Crippen LogP contribution in [-0.4, -0.2) is 103 Å². The molecule has 0 N–H and O–H groups in total. The predicted octanol–water partition coefficient (Wildman–Crippen LogP) is 15.3. The minimum absolute atomic E-state index is 0.00870. The smallest absolute Gasteiger partial charge is 0.336 e. The van der Waals surface area contributed by atoms with Crippen LogP contribution in [0, 0.1) is 18.6 Å². The van der Waals surface area contributed by atoms with E-state index in [-0.39, 0.29) is 69.9 Å². The summed E-state index contributed by atoms with van der Waals surface area (Å²) in [6, 6.07) is -4.60. The second-order valence-electron chi connectivity index (χ2n) is 20.2. The van der Waals surface area contributed by atoms with Crippen molar-refractivity contribution in [3.05, 3.63) is 233 Å².